The average molecular weight is 435 g/mol. The van der Waals surface area contributed by atoms with Gasteiger partial charge in [-0.1, -0.05) is 19.1 Å². The predicted octanol–water partition coefficient (Wildman–Crippen LogP) is 0.861. The second-order valence-electron chi connectivity index (χ2n) is 6.47. The van der Waals surface area contributed by atoms with Crippen molar-refractivity contribution in [3.8, 4) is 5.75 Å². The number of nitrogens with zero attached hydrogens (tertiary/aromatic N) is 2. The largest absolute Gasteiger partial charge is 0.484 e. The number of nitrogens with two attached hydrogens (primary N) is 1. The number of thiazole rings is 1. The van der Waals surface area contributed by atoms with E-state index in [4.69, 9.17) is 15.2 Å². The van der Waals surface area contributed by atoms with Gasteiger partial charge in [-0.3, -0.25) is 19.3 Å². The molecule has 1 heterocycles. The van der Waals surface area contributed by atoms with Crippen LogP contribution in [0.4, 0.5) is 0 Å². The molecule has 0 aliphatic rings. The SMILES string of the molecule is CCc1ncc(CN(CC(=O)NCc2ccc(OCC(N)=O)cc2)CC(=O)OC)s1. The first kappa shape index (κ1) is 23.3. The minimum Gasteiger partial charge on any atom is -0.484 e. The number of ether oxygens (including phenoxy) is 2. The fourth-order valence-corrected chi connectivity index (χ4v) is 3.44. The van der Waals surface area contributed by atoms with Crippen molar-refractivity contribution < 1.29 is 23.9 Å². The van der Waals surface area contributed by atoms with Crippen LogP contribution in [-0.4, -0.2) is 54.5 Å². The number of primary amides is 1. The van der Waals surface area contributed by atoms with Gasteiger partial charge in [0, 0.05) is 24.2 Å². The quantitative estimate of drug-likeness (QED) is 0.475. The number of carbonyl (C=O) groups is 3. The van der Waals surface area contributed by atoms with E-state index in [9.17, 15) is 14.4 Å². The Morgan fingerprint density at radius 1 is 1.20 bits per heavy atom. The normalized spacial score (nSPS) is 10.6. The van der Waals surface area contributed by atoms with Gasteiger partial charge in [0.05, 0.1) is 25.2 Å². The Labute approximate surface area is 179 Å². The molecule has 10 heteroatoms. The van der Waals surface area contributed by atoms with Gasteiger partial charge in [-0.15, -0.1) is 11.3 Å². The summed E-state index contributed by atoms with van der Waals surface area (Å²) in [6.45, 7) is 2.65. The first-order valence-electron chi connectivity index (χ1n) is 9.39. The zero-order valence-corrected chi connectivity index (χ0v) is 17.9. The minimum atomic E-state index is -0.549. The van der Waals surface area contributed by atoms with E-state index in [0.717, 1.165) is 21.9 Å². The summed E-state index contributed by atoms with van der Waals surface area (Å²) in [4.78, 5) is 41.9. The molecule has 162 valence electrons. The van der Waals surface area contributed by atoms with E-state index in [1.54, 1.807) is 46.7 Å². The number of methoxy groups -OCH3 is 1. The van der Waals surface area contributed by atoms with Crippen molar-refractivity contribution in [1.82, 2.24) is 15.2 Å². The highest BCUT2D eigenvalue weighted by Crippen LogP contribution is 2.16. The fraction of sp³-hybridized carbons (Fsp3) is 0.400. The number of benzene rings is 1. The number of aryl methyl sites for hydroxylation is 1. The summed E-state index contributed by atoms with van der Waals surface area (Å²) in [5.41, 5.74) is 5.90. The lowest BCUT2D eigenvalue weighted by atomic mass is 10.2. The van der Waals surface area contributed by atoms with Crippen molar-refractivity contribution in [3.05, 3.63) is 45.9 Å². The molecule has 2 rings (SSSR count). The van der Waals surface area contributed by atoms with E-state index in [0.29, 0.717) is 18.8 Å². The number of hydrogen-bond acceptors (Lipinski definition) is 8. The van der Waals surface area contributed by atoms with Gasteiger partial charge in [0.25, 0.3) is 5.91 Å². The highest BCUT2D eigenvalue weighted by molar-refractivity contribution is 7.11. The smallest absolute Gasteiger partial charge is 0.319 e. The van der Waals surface area contributed by atoms with Crippen LogP contribution in [0.5, 0.6) is 5.75 Å². The number of carbonyl (C=O) groups excluding carboxylic acids is 3. The summed E-state index contributed by atoms with van der Waals surface area (Å²) < 4.78 is 9.93. The number of hydrogen-bond donors (Lipinski definition) is 2. The van der Waals surface area contributed by atoms with E-state index in [1.807, 2.05) is 6.92 Å². The number of esters is 1. The van der Waals surface area contributed by atoms with Gasteiger partial charge in [-0.05, 0) is 24.1 Å². The van der Waals surface area contributed by atoms with Gasteiger partial charge in [-0.25, -0.2) is 4.98 Å². The van der Waals surface area contributed by atoms with Gasteiger partial charge in [0.2, 0.25) is 5.91 Å². The molecule has 0 radical (unpaired) electrons. The standard InChI is InChI=1S/C20H26N4O5S/c1-3-19-23-9-16(30-19)10-24(12-20(27)28-2)11-18(26)22-8-14-4-6-15(7-5-14)29-13-17(21)25/h4-7,9H,3,8,10-13H2,1-2H3,(H2,21,25)(H,22,26). The third-order valence-electron chi connectivity index (χ3n) is 4.03. The zero-order chi connectivity index (χ0) is 21.9. The molecule has 9 nitrogen and oxygen atoms in total. The highest BCUT2D eigenvalue weighted by atomic mass is 32.1. The number of amides is 2. The van der Waals surface area contributed by atoms with Crippen LogP contribution in [0.3, 0.4) is 0 Å². The fourth-order valence-electron chi connectivity index (χ4n) is 2.54. The van der Waals surface area contributed by atoms with E-state index < -0.39 is 11.9 Å². The molecule has 0 bridgehead atoms. The molecule has 0 saturated heterocycles. The van der Waals surface area contributed by atoms with E-state index in [1.165, 1.54) is 7.11 Å². The van der Waals surface area contributed by atoms with Crippen LogP contribution in [-0.2, 0) is 38.6 Å². The Balaban J connectivity index is 1.87. The van der Waals surface area contributed by atoms with Gasteiger partial charge < -0.3 is 20.5 Å². The molecule has 0 saturated carbocycles. The Hall–Kier alpha value is -2.98. The number of aromatic nitrogens is 1. The molecule has 1 aromatic heterocycles. The molecule has 3 N–H and O–H groups in total. The number of rotatable bonds is 12. The van der Waals surface area contributed by atoms with Crippen LogP contribution in [0.2, 0.25) is 0 Å². The second kappa shape index (κ2) is 11.9. The first-order chi connectivity index (χ1) is 14.4. The monoisotopic (exact) mass is 434 g/mol. The van der Waals surface area contributed by atoms with Gasteiger partial charge >= 0.3 is 5.97 Å². The van der Waals surface area contributed by atoms with Crippen molar-refractivity contribution in [2.24, 2.45) is 5.73 Å². The minimum absolute atomic E-state index is 0.00910. The lowest BCUT2D eigenvalue weighted by molar-refractivity contribution is -0.142. The molecule has 0 spiro atoms. The van der Waals surface area contributed by atoms with Crippen LogP contribution >= 0.6 is 11.3 Å². The molecule has 30 heavy (non-hydrogen) atoms. The van der Waals surface area contributed by atoms with Crippen LogP contribution in [0.25, 0.3) is 0 Å². The average Bonchev–Trinajstić information content (AvgIpc) is 3.18. The Kier molecular flexibility index (Phi) is 9.23. The molecule has 0 fully saturated rings. The van der Waals surface area contributed by atoms with Crippen molar-refractivity contribution in [3.63, 3.8) is 0 Å². The topological polar surface area (TPSA) is 124 Å². The highest BCUT2D eigenvalue weighted by Gasteiger charge is 2.17. The lowest BCUT2D eigenvalue weighted by Crippen LogP contribution is -2.39. The summed E-state index contributed by atoms with van der Waals surface area (Å²) >= 11 is 1.56. The van der Waals surface area contributed by atoms with Gasteiger partial charge in [0.1, 0.15) is 5.75 Å². The van der Waals surface area contributed by atoms with E-state index >= 15 is 0 Å². The summed E-state index contributed by atoms with van der Waals surface area (Å²) in [6.07, 6.45) is 2.61. The van der Waals surface area contributed by atoms with Crippen LogP contribution in [0.15, 0.2) is 30.5 Å². The number of nitrogens with one attached hydrogen (secondary N) is 1. The summed E-state index contributed by atoms with van der Waals surface area (Å²) in [5.74, 6) is -0.654. The maximum Gasteiger partial charge on any atom is 0.319 e. The third kappa shape index (κ3) is 8.18. The van der Waals surface area contributed by atoms with E-state index in [2.05, 4.69) is 10.3 Å². The molecule has 0 aliphatic heterocycles. The lowest BCUT2D eigenvalue weighted by Gasteiger charge is -2.19. The predicted molar refractivity (Wildman–Crippen MR) is 112 cm³/mol. The maximum absolute atomic E-state index is 12.4. The van der Waals surface area contributed by atoms with Crippen molar-refractivity contribution in [1.29, 1.82) is 0 Å². The van der Waals surface area contributed by atoms with Crippen molar-refractivity contribution >= 4 is 29.1 Å². The van der Waals surface area contributed by atoms with Crippen LogP contribution in [0.1, 0.15) is 22.4 Å². The van der Waals surface area contributed by atoms with E-state index in [-0.39, 0.29) is 25.6 Å². The molecule has 0 aliphatic carbocycles. The summed E-state index contributed by atoms with van der Waals surface area (Å²) in [5, 5.41) is 3.84. The zero-order valence-electron chi connectivity index (χ0n) is 17.1. The third-order valence-corrected chi connectivity index (χ3v) is 5.15. The molecule has 1 aromatic carbocycles. The van der Waals surface area contributed by atoms with Crippen molar-refractivity contribution in [2.75, 3.05) is 26.8 Å². The van der Waals surface area contributed by atoms with Gasteiger partial charge in [0.15, 0.2) is 6.61 Å². The first-order valence-corrected chi connectivity index (χ1v) is 10.2. The summed E-state index contributed by atoms with van der Waals surface area (Å²) in [6, 6.07) is 6.96. The van der Waals surface area contributed by atoms with Crippen LogP contribution in [0, 0.1) is 0 Å². The molecule has 2 amide bonds. The Bertz CT molecular complexity index is 853. The summed E-state index contributed by atoms with van der Waals surface area (Å²) in [7, 11) is 1.32. The van der Waals surface area contributed by atoms with Crippen LogP contribution < -0.4 is 15.8 Å². The molecule has 2 aromatic rings. The second-order valence-corrected chi connectivity index (χ2v) is 7.67. The van der Waals surface area contributed by atoms with Gasteiger partial charge in [-0.2, -0.15) is 0 Å². The molecule has 0 atom stereocenters. The Morgan fingerprint density at radius 2 is 1.93 bits per heavy atom. The Morgan fingerprint density at radius 3 is 2.53 bits per heavy atom. The molecular formula is C20H26N4O5S. The molecule has 0 unspecified atom stereocenters. The maximum atomic E-state index is 12.4. The molecular weight excluding hydrogens is 408 g/mol. The van der Waals surface area contributed by atoms with Crippen molar-refractivity contribution in [2.45, 2.75) is 26.4 Å².